The smallest absolute Gasteiger partial charge is 0.261 e. The second kappa shape index (κ2) is 7.04. The van der Waals surface area contributed by atoms with E-state index in [2.05, 4.69) is 10.3 Å². The minimum atomic E-state index is -0.420. The second-order valence-electron chi connectivity index (χ2n) is 6.55. The first kappa shape index (κ1) is 17.7. The van der Waals surface area contributed by atoms with E-state index in [1.165, 1.54) is 0 Å². The molecule has 0 saturated carbocycles. The molecule has 3 aromatic rings. The number of hydrogen-bond acceptors (Lipinski definition) is 4. The number of nitrogens with one attached hydrogen (secondary N) is 2. The van der Waals surface area contributed by atoms with Gasteiger partial charge in [0, 0.05) is 17.0 Å². The Bertz CT molecular complexity index is 1040. The first-order valence-electron chi connectivity index (χ1n) is 8.54. The molecular formula is C21H22N2O3. The van der Waals surface area contributed by atoms with E-state index in [9.17, 15) is 9.59 Å². The molecule has 0 spiro atoms. The number of aromatic amines is 1. The van der Waals surface area contributed by atoms with Crippen LogP contribution >= 0.6 is 0 Å². The highest BCUT2D eigenvalue weighted by molar-refractivity contribution is 6.10. The number of Topliss-reactive ketones (excluding diaryl/α,β-unsaturated/α-hetero) is 1. The summed E-state index contributed by atoms with van der Waals surface area (Å²) in [5.41, 5.74) is 2.67. The van der Waals surface area contributed by atoms with Gasteiger partial charge < -0.3 is 15.0 Å². The molecule has 0 amide bonds. The van der Waals surface area contributed by atoms with Crippen molar-refractivity contribution in [1.82, 2.24) is 4.98 Å². The predicted octanol–water partition coefficient (Wildman–Crippen LogP) is 4.43. The van der Waals surface area contributed by atoms with Crippen LogP contribution in [0.3, 0.4) is 0 Å². The maximum absolute atomic E-state index is 12.8. The third kappa shape index (κ3) is 3.08. The van der Waals surface area contributed by atoms with Crippen LogP contribution in [0.4, 0.5) is 11.4 Å². The Balaban J connectivity index is 2.35. The number of benzene rings is 2. The van der Waals surface area contributed by atoms with Crippen LogP contribution in [-0.4, -0.2) is 17.9 Å². The molecule has 2 aromatic carbocycles. The van der Waals surface area contributed by atoms with Gasteiger partial charge in [-0.25, -0.2) is 0 Å². The summed E-state index contributed by atoms with van der Waals surface area (Å²) in [7, 11) is 1.55. The van der Waals surface area contributed by atoms with E-state index in [1.54, 1.807) is 27.0 Å². The number of hydrogen-bond donors (Lipinski definition) is 2. The Hall–Kier alpha value is -3.08. The molecule has 0 saturated heterocycles. The van der Waals surface area contributed by atoms with Crippen LogP contribution in [0.2, 0.25) is 0 Å². The van der Waals surface area contributed by atoms with Gasteiger partial charge >= 0.3 is 0 Å². The fraction of sp³-hybridized carbons (Fsp3) is 0.238. The Morgan fingerprint density at radius 2 is 1.85 bits per heavy atom. The number of fused-ring (bicyclic) bond motifs is 1. The molecule has 134 valence electrons. The summed E-state index contributed by atoms with van der Waals surface area (Å²) in [4.78, 5) is 28.4. The van der Waals surface area contributed by atoms with Crippen LogP contribution in [0, 0.1) is 12.8 Å². The summed E-state index contributed by atoms with van der Waals surface area (Å²) in [6.07, 6.45) is 0. The third-order valence-corrected chi connectivity index (χ3v) is 4.41. The van der Waals surface area contributed by atoms with Crippen LogP contribution in [0.1, 0.15) is 29.8 Å². The van der Waals surface area contributed by atoms with Crippen molar-refractivity contribution in [2.24, 2.45) is 5.92 Å². The monoisotopic (exact) mass is 350 g/mol. The summed E-state index contributed by atoms with van der Waals surface area (Å²) in [5.74, 6) is 0.0552. The Labute approximate surface area is 152 Å². The number of ketones is 1. The van der Waals surface area contributed by atoms with Crippen molar-refractivity contribution in [3.8, 4) is 5.75 Å². The van der Waals surface area contributed by atoms with Gasteiger partial charge in [-0.2, -0.15) is 0 Å². The number of ether oxygens (including phenoxy) is 1. The van der Waals surface area contributed by atoms with Gasteiger partial charge in [-0.1, -0.05) is 44.2 Å². The van der Waals surface area contributed by atoms with Crippen molar-refractivity contribution in [3.63, 3.8) is 0 Å². The lowest BCUT2D eigenvalue weighted by molar-refractivity contribution is 0.0939. The normalized spacial score (nSPS) is 11.0. The number of aromatic nitrogens is 1. The number of para-hydroxylation sites is 2. The molecule has 0 aliphatic carbocycles. The first-order valence-corrected chi connectivity index (χ1v) is 8.54. The van der Waals surface area contributed by atoms with Gasteiger partial charge in [-0.15, -0.1) is 0 Å². The number of carbonyl (C=O) groups is 1. The fourth-order valence-corrected chi connectivity index (χ4v) is 2.96. The number of carbonyl (C=O) groups excluding carboxylic acids is 1. The number of rotatable bonds is 5. The van der Waals surface area contributed by atoms with Gasteiger partial charge in [0.05, 0.1) is 18.3 Å². The van der Waals surface area contributed by atoms with Crippen LogP contribution in [-0.2, 0) is 0 Å². The molecule has 3 rings (SSSR count). The Kier molecular flexibility index (Phi) is 4.80. The third-order valence-electron chi connectivity index (χ3n) is 4.41. The number of anilines is 2. The van der Waals surface area contributed by atoms with Crippen LogP contribution in [0.15, 0.2) is 47.3 Å². The Morgan fingerprint density at radius 3 is 2.50 bits per heavy atom. The summed E-state index contributed by atoms with van der Waals surface area (Å²) < 4.78 is 5.38. The van der Waals surface area contributed by atoms with E-state index in [0.717, 1.165) is 16.6 Å². The SMILES string of the molecule is COc1cccc2c(Nc3ccccc3C)c(C(=O)C(C)C)c(=O)[nH]c12. The fourth-order valence-electron chi connectivity index (χ4n) is 2.96. The summed E-state index contributed by atoms with van der Waals surface area (Å²) in [6, 6.07) is 13.2. The lowest BCUT2D eigenvalue weighted by Crippen LogP contribution is -2.23. The molecule has 0 aliphatic rings. The zero-order valence-electron chi connectivity index (χ0n) is 15.3. The van der Waals surface area contributed by atoms with Crippen LogP contribution < -0.4 is 15.6 Å². The molecule has 5 heteroatoms. The van der Waals surface area contributed by atoms with E-state index < -0.39 is 5.56 Å². The first-order chi connectivity index (χ1) is 12.4. The van der Waals surface area contributed by atoms with Gasteiger partial charge in [-0.05, 0) is 24.6 Å². The largest absolute Gasteiger partial charge is 0.495 e. The lowest BCUT2D eigenvalue weighted by atomic mass is 9.98. The molecule has 0 bridgehead atoms. The molecule has 0 unspecified atom stereocenters. The standard InChI is InChI=1S/C21H22N2O3/c1-12(2)20(24)17-19(22-15-10-6-5-8-13(15)3)14-9-7-11-16(26-4)18(14)23-21(17)25/h5-12H,1-4H3,(H2,22,23,25). The van der Waals surface area contributed by atoms with Crippen molar-refractivity contribution in [2.75, 3.05) is 12.4 Å². The van der Waals surface area contributed by atoms with Crippen molar-refractivity contribution in [1.29, 1.82) is 0 Å². The molecule has 0 fully saturated rings. The second-order valence-corrected chi connectivity index (χ2v) is 6.55. The van der Waals surface area contributed by atoms with E-state index in [1.807, 2.05) is 43.3 Å². The summed E-state index contributed by atoms with van der Waals surface area (Å²) >= 11 is 0. The van der Waals surface area contributed by atoms with Crippen molar-refractivity contribution >= 4 is 28.1 Å². The quantitative estimate of drug-likeness (QED) is 0.668. The van der Waals surface area contributed by atoms with Crippen molar-refractivity contribution in [2.45, 2.75) is 20.8 Å². The highest BCUT2D eigenvalue weighted by atomic mass is 16.5. The van der Waals surface area contributed by atoms with Gasteiger partial charge in [0.25, 0.3) is 5.56 Å². The Morgan fingerprint density at radius 1 is 1.12 bits per heavy atom. The van der Waals surface area contributed by atoms with Crippen LogP contribution in [0.25, 0.3) is 10.9 Å². The number of H-pyrrole nitrogens is 1. The average molecular weight is 350 g/mol. The molecular weight excluding hydrogens is 328 g/mol. The van der Waals surface area contributed by atoms with E-state index in [0.29, 0.717) is 17.0 Å². The molecule has 26 heavy (non-hydrogen) atoms. The molecule has 2 N–H and O–H groups in total. The lowest BCUT2D eigenvalue weighted by Gasteiger charge is -2.17. The maximum atomic E-state index is 12.8. The number of pyridine rings is 1. The minimum Gasteiger partial charge on any atom is -0.495 e. The van der Waals surface area contributed by atoms with Gasteiger partial charge in [0.2, 0.25) is 0 Å². The van der Waals surface area contributed by atoms with E-state index >= 15 is 0 Å². The molecule has 0 atom stereocenters. The zero-order valence-corrected chi connectivity index (χ0v) is 15.3. The molecule has 1 heterocycles. The van der Waals surface area contributed by atoms with Crippen molar-refractivity contribution < 1.29 is 9.53 Å². The van der Waals surface area contributed by atoms with Gasteiger partial charge in [0.1, 0.15) is 11.3 Å². The molecule has 0 aliphatic heterocycles. The summed E-state index contributed by atoms with van der Waals surface area (Å²) in [5, 5.41) is 4.05. The number of methoxy groups -OCH3 is 1. The number of aryl methyl sites for hydroxylation is 1. The molecule has 1 aromatic heterocycles. The topological polar surface area (TPSA) is 71.2 Å². The van der Waals surface area contributed by atoms with Gasteiger partial charge in [0.15, 0.2) is 5.78 Å². The van der Waals surface area contributed by atoms with E-state index in [-0.39, 0.29) is 17.3 Å². The highest BCUT2D eigenvalue weighted by Gasteiger charge is 2.23. The zero-order chi connectivity index (χ0) is 18.8. The molecule has 0 radical (unpaired) electrons. The molecule has 5 nitrogen and oxygen atoms in total. The van der Waals surface area contributed by atoms with Gasteiger partial charge in [-0.3, -0.25) is 9.59 Å². The highest BCUT2D eigenvalue weighted by Crippen LogP contribution is 2.33. The maximum Gasteiger partial charge on any atom is 0.261 e. The average Bonchev–Trinajstić information content (AvgIpc) is 2.62. The summed E-state index contributed by atoms with van der Waals surface area (Å²) in [6.45, 7) is 5.55. The van der Waals surface area contributed by atoms with Crippen molar-refractivity contribution in [3.05, 3.63) is 63.9 Å². The minimum absolute atomic E-state index is 0.143. The predicted molar refractivity (Wildman–Crippen MR) is 105 cm³/mol. The van der Waals surface area contributed by atoms with E-state index in [4.69, 9.17) is 4.74 Å². The van der Waals surface area contributed by atoms with Crippen LogP contribution in [0.5, 0.6) is 5.75 Å².